The SMILES string of the molecule is CC1CC(NS(=O)(=O)c2ccc(NS(=O)(=O)C(C)C)c(F)c2)CCN1. The number of anilines is 1. The number of nitrogens with one attached hydrogen (secondary N) is 3. The van der Waals surface area contributed by atoms with Crippen molar-refractivity contribution in [3.05, 3.63) is 24.0 Å². The predicted octanol–water partition coefficient (Wildman–Crippen LogP) is 1.39. The Hall–Kier alpha value is -1.23. The van der Waals surface area contributed by atoms with Gasteiger partial charge in [-0.3, -0.25) is 4.72 Å². The molecule has 0 radical (unpaired) electrons. The van der Waals surface area contributed by atoms with E-state index >= 15 is 0 Å². The highest BCUT2D eigenvalue weighted by atomic mass is 32.2. The monoisotopic (exact) mass is 393 g/mol. The zero-order chi connectivity index (χ0) is 18.8. The lowest BCUT2D eigenvalue weighted by atomic mass is 10.0. The van der Waals surface area contributed by atoms with Crippen LogP contribution in [-0.2, 0) is 20.0 Å². The molecular formula is C15H24FN3O4S2. The summed E-state index contributed by atoms with van der Waals surface area (Å²) in [4.78, 5) is -0.233. The van der Waals surface area contributed by atoms with E-state index in [2.05, 4.69) is 14.8 Å². The van der Waals surface area contributed by atoms with Crippen molar-refractivity contribution in [1.29, 1.82) is 0 Å². The summed E-state index contributed by atoms with van der Waals surface area (Å²) in [6, 6.07) is 3.11. The first-order chi connectivity index (χ1) is 11.5. The zero-order valence-electron chi connectivity index (χ0n) is 14.4. The van der Waals surface area contributed by atoms with Crippen molar-refractivity contribution in [3.8, 4) is 0 Å². The molecule has 0 aliphatic carbocycles. The highest BCUT2D eigenvalue weighted by molar-refractivity contribution is 7.93. The molecule has 3 N–H and O–H groups in total. The second-order valence-corrected chi connectivity index (χ2v) is 10.5. The number of piperidine rings is 1. The smallest absolute Gasteiger partial charge is 0.240 e. The first-order valence-electron chi connectivity index (χ1n) is 8.08. The standard InChI is InChI=1S/C15H24FN3O4S2/c1-10(2)24(20,21)19-15-5-4-13(9-14(15)16)25(22,23)18-12-6-7-17-11(3)8-12/h4-5,9-12,17-19H,6-8H2,1-3H3. The Balaban J connectivity index is 2.18. The lowest BCUT2D eigenvalue weighted by Crippen LogP contribution is -2.46. The van der Waals surface area contributed by atoms with Crippen LogP contribution in [0.15, 0.2) is 23.1 Å². The number of halogens is 1. The van der Waals surface area contributed by atoms with Crippen LogP contribution < -0.4 is 14.8 Å². The molecule has 1 aliphatic rings. The summed E-state index contributed by atoms with van der Waals surface area (Å²) in [6.07, 6.45) is 1.30. The van der Waals surface area contributed by atoms with Gasteiger partial charge in [-0.1, -0.05) is 0 Å². The molecule has 142 valence electrons. The van der Waals surface area contributed by atoms with E-state index in [-0.39, 0.29) is 22.7 Å². The van der Waals surface area contributed by atoms with Gasteiger partial charge in [0.25, 0.3) is 0 Å². The minimum Gasteiger partial charge on any atom is -0.314 e. The fourth-order valence-electron chi connectivity index (χ4n) is 2.54. The molecule has 1 aliphatic heterocycles. The van der Waals surface area contributed by atoms with Crippen LogP contribution in [0.5, 0.6) is 0 Å². The first kappa shape index (κ1) is 20.1. The molecule has 2 rings (SSSR count). The summed E-state index contributed by atoms with van der Waals surface area (Å²) in [5.74, 6) is -0.939. The largest absolute Gasteiger partial charge is 0.314 e. The Labute approximate surface area is 148 Å². The van der Waals surface area contributed by atoms with Crippen molar-refractivity contribution in [3.63, 3.8) is 0 Å². The van der Waals surface area contributed by atoms with Gasteiger partial charge in [-0.15, -0.1) is 0 Å². The van der Waals surface area contributed by atoms with Gasteiger partial charge in [0.2, 0.25) is 20.0 Å². The van der Waals surface area contributed by atoms with Crippen molar-refractivity contribution in [2.24, 2.45) is 0 Å². The van der Waals surface area contributed by atoms with Gasteiger partial charge < -0.3 is 5.32 Å². The molecule has 1 saturated heterocycles. The number of benzene rings is 1. The predicted molar refractivity (Wildman–Crippen MR) is 94.9 cm³/mol. The third-order valence-corrected chi connectivity index (χ3v) is 7.33. The maximum Gasteiger partial charge on any atom is 0.240 e. The fraction of sp³-hybridized carbons (Fsp3) is 0.600. The zero-order valence-corrected chi connectivity index (χ0v) is 16.0. The van der Waals surface area contributed by atoms with Gasteiger partial charge in [-0.2, -0.15) is 0 Å². The molecular weight excluding hydrogens is 369 g/mol. The molecule has 1 aromatic rings. The van der Waals surface area contributed by atoms with E-state index in [0.29, 0.717) is 19.4 Å². The first-order valence-corrected chi connectivity index (χ1v) is 11.1. The molecule has 7 nitrogen and oxygen atoms in total. The maximum atomic E-state index is 14.2. The van der Waals surface area contributed by atoms with E-state index in [1.807, 2.05) is 6.92 Å². The van der Waals surface area contributed by atoms with Crippen molar-refractivity contribution in [1.82, 2.24) is 10.0 Å². The maximum absolute atomic E-state index is 14.2. The topological polar surface area (TPSA) is 104 Å². The van der Waals surface area contributed by atoms with Gasteiger partial charge in [0, 0.05) is 12.1 Å². The summed E-state index contributed by atoms with van der Waals surface area (Å²) in [5.41, 5.74) is -0.275. The molecule has 0 spiro atoms. The molecule has 0 bridgehead atoms. The molecule has 1 heterocycles. The average Bonchev–Trinajstić information content (AvgIpc) is 2.48. The van der Waals surface area contributed by atoms with Crippen LogP contribution >= 0.6 is 0 Å². The summed E-state index contributed by atoms with van der Waals surface area (Å²) in [6.45, 7) is 5.60. The quantitative estimate of drug-likeness (QED) is 0.678. The van der Waals surface area contributed by atoms with E-state index in [0.717, 1.165) is 12.1 Å². The van der Waals surface area contributed by atoms with Crippen LogP contribution in [0.25, 0.3) is 0 Å². The summed E-state index contributed by atoms with van der Waals surface area (Å²) in [7, 11) is -7.59. The van der Waals surface area contributed by atoms with Crippen molar-refractivity contribution in [2.75, 3.05) is 11.3 Å². The van der Waals surface area contributed by atoms with Crippen LogP contribution in [-0.4, -0.2) is 40.7 Å². The molecule has 10 heteroatoms. The third kappa shape index (κ3) is 5.13. The van der Waals surface area contributed by atoms with E-state index in [1.54, 1.807) is 0 Å². The molecule has 0 aromatic heterocycles. The van der Waals surface area contributed by atoms with Crippen molar-refractivity contribution in [2.45, 2.75) is 55.8 Å². The lowest BCUT2D eigenvalue weighted by molar-refractivity contribution is 0.361. The fourth-order valence-corrected chi connectivity index (χ4v) is 4.55. The van der Waals surface area contributed by atoms with E-state index < -0.39 is 31.1 Å². The normalized spacial score (nSPS) is 22.1. The molecule has 25 heavy (non-hydrogen) atoms. The van der Waals surface area contributed by atoms with E-state index in [9.17, 15) is 21.2 Å². The van der Waals surface area contributed by atoms with Gasteiger partial charge in [0.15, 0.2) is 0 Å². The molecule has 1 aromatic carbocycles. The van der Waals surface area contributed by atoms with Gasteiger partial charge in [-0.05, 0) is 58.4 Å². The Kier molecular flexibility index (Phi) is 6.08. The summed E-state index contributed by atoms with van der Waals surface area (Å²) in [5, 5.41) is 2.49. The van der Waals surface area contributed by atoms with Gasteiger partial charge >= 0.3 is 0 Å². The van der Waals surface area contributed by atoms with Crippen molar-refractivity contribution < 1.29 is 21.2 Å². The number of hydrogen-bond donors (Lipinski definition) is 3. The number of sulfonamides is 2. The van der Waals surface area contributed by atoms with Crippen molar-refractivity contribution >= 4 is 25.7 Å². The number of hydrogen-bond acceptors (Lipinski definition) is 5. The third-order valence-electron chi connectivity index (χ3n) is 4.07. The van der Waals surface area contributed by atoms with Crippen LogP contribution in [0, 0.1) is 5.82 Å². The number of rotatable bonds is 6. The lowest BCUT2D eigenvalue weighted by Gasteiger charge is -2.28. The van der Waals surface area contributed by atoms with Gasteiger partial charge in [0.05, 0.1) is 15.8 Å². The molecule has 0 saturated carbocycles. The summed E-state index contributed by atoms with van der Waals surface area (Å²) >= 11 is 0. The minimum absolute atomic E-state index is 0.200. The Bertz CT molecular complexity index is 825. The van der Waals surface area contributed by atoms with E-state index in [1.165, 1.54) is 19.9 Å². The molecule has 1 fully saturated rings. The Morgan fingerprint density at radius 1 is 1.24 bits per heavy atom. The highest BCUT2D eigenvalue weighted by Crippen LogP contribution is 2.22. The van der Waals surface area contributed by atoms with Gasteiger partial charge in [0.1, 0.15) is 5.82 Å². The molecule has 2 unspecified atom stereocenters. The molecule has 2 atom stereocenters. The highest BCUT2D eigenvalue weighted by Gasteiger charge is 2.25. The summed E-state index contributed by atoms with van der Waals surface area (Å²) < 4.78 is 67.4. The van der Waals surface area contributed by atoms with Crippen LogP contribution in [0.2, 0.25) is 0 Å². The average molecular weight is 394 g/mol. The van der Waals surface area contributed by atoms with E-state index in [4.69, 9.17) is 0 Å². The Morgan fingerprint density at radius 3 is 2.48 bits per heavy atom. The second kappa shape index (κ2) is 7.56. The minimum atomic E-state index is -3.88. The van der Waals surface area contributed by atoms with Gasteiger partial charge in [-0.25, -0.2) is 25.9 Å². The van der Waals surface area contributed by atoms with Crippen LogP contribution in [0.4, 0.5) is 10.1 Å². The Morgan fingerprint density at radius 2 is 1.92 bits per heavy atom. The van der Waals surface area contributed by atoms with Crippen LogP contribution in [0.1, 0.15) is 33.6 Å². The second-order valence-electron chi connectivity index (χ2n) is 6.54. The molecule has 0 amide bonds. The van der Waals surface area contributed by atoms with Crippen LogP contribution in [0.3, 0.4) is 0 Å².